The van der Waals surface area contributed by atoms with Crippen molar-refractivity contribution >= 4 is 23.2 Å². The van der Waals surface area contributed by atoms with E-state index in [2.05, 4.69) is 19.2 Å². The molecule has 136 valence electrons. The van der Waals surface area contributed by atoms with Crippen LogP contribution in [-0.4, -0.2) is 12.6 Å². The lowest BCUT2D eigenvalue weighted by Gasteiger charge is -2.16. The Hall–Kier alpha value is -1.49. The average molecular weight is 386 g/mol. The van der Waals surface area contributed by atoms with Gasteiger partial charge in [-0.15, -0.1) is 0 Å². The van der Waals surface area contributed by atoms with Gasteiger partial charge in [-0.3, -0.25) is 0 Å². The number of halogens is 3. The van der Waals surface area contributed by atoms with Crippen LogP contribution >= 0.6 is 23.2 Å². The maximum absolute atomic E-state index is 13.1. The largest absolute Gasteiger partial charge is 0.490 e. The second-order valence-electron chi connectivity index (χ2n) is 5.88. The lowest BCUT2D eigenvalue weighted by atomic mass is 10.2. The molecule has 0 aliphatic heterocycles. The third-order valence-corrected chi connectivity index (χ3v) is 4.22. The third kappa shape index (κ3) is 5.77. The van der Waals surface area contributed by atoms with Crippen molar-refractivity contribution in [3.05, 3.63) is 57.3 Å². The first-order valence-electron chi connectivity index (χ1n) is 8.16. The van der Waals surface area contributed by atoms with E-state index in [0.29, 0.717) is 46.3 Å². The van der Waals surface area contributed by atoms with E-state index in [-0.39, 0.29) is 12.4 Å². The Balaban J connectivity index is 2.19. The van der Waals surface area contributed by atoms with Crippen LogP contribution in [0.4, 0.5) is 4.39 Å². The Bertz CT molecular complexity index is 723. The van der Waals surface area contributed by atoms with Crippen LogP contribution in [0.3, 0.4) is 0 Å². The molecule has 2 rings (SSSR count). The Morgan fingerprint density at radius 1 is 1.00 bits per heavy atom. The predicted molar refractivity (Wildman–Crippen MR) is 100 cm³/mol. The molecule has 0 saturated carbocycles. The lowest BCUT2D eigenvalue weighted by molar-refractivity contribution is 0.269. The van der Waals surface area contributed by atoms with Crippen LogP contribution in [0.15, 0.2) is 30.3 Å². The number of hydrogen-bond donors (Lipinski definition) is 1. The number of benzene rings is 2. The highest BCUT2D eigenvalue weighted by atomic mass is 35.5. The van der Waals surface area contributed by atoms with E-state index in [1.807, 2.05) is 13.0 Å². The first kappa shape index (κ1) is 19.8. The zero-order chi connectivity index (χ0) is 18.4. The van der Waals surface area contributed by atoms with E-state index in [9.17, 15) is 4.39 Å². The van der Waals surface area contributed by atoms with Gasteiger partial charge in [0.15, 0.2) is 11.5 Å². The van der Waals surface area contributed by atoms with Gasteiger partial charge in [0.25, 0.3) is 0 Å². The molecule has 2 aromatic rings. The van der Waals surface area contributed by atoms with Gasteiger partial charge < -0.3 is 14.8 Å². The van der Waals surface area contributed by atoms with Crippen LogP contribution < -0.4 is 14.8 Å². The van der Waals surface area contributed by atoms with Crippen molar-refractivity contribution in [1.29, 1.82) is 0 Å². The molecule has 0 aliphatic rings. The van der Waals surface area contributed by atoms with Gasteiger partial charge in [0.1, 0.15) is 12.4 Å². The summed E-state index contributed by atoms with van der Waals surface area (Å²) in [4.78, 5) is 0. The molecular formula is C19H22Cl2FNO2. The number of hydrogen-bond acceptors (Lipinski definition) is 3. The lowest BCUT2D eigenvalue weighted by Crippen LogP contribution is -2.22. The van der Waals surface area contributed by atoms with Crippen LogP contribution in [0.1, 0.15) is 31.9 Å². The summed E-state index contributed by atoms with van der Waals surface area (Å²) in [6, 6.07) is 8.17. The minimum atomic E-state index is -0.381. The molecule has 1 N–H and O–H groups in total. The molecule has 0 aromatic heterocycles. The summed E-state index contributed by atoms with van der Waals surface area (Å²) in [6.07, 6.45) is 0. The van der Waals surface area contributed by atoms with Crippen molar-refractivity contribution in [2.45, 2.75) is 40.0 Å². The van der Waals surface area contributed by atoms with Gasteiger partial charge in [0.05, 0.1) is 11.6 Å². The highest BCUT2D eigenvalue weighted by molar-refractivity contribution is 6.31. The van der Waals surface area contributed by atoms with Crippen molar-refractivity contribution in [3.8, 4) is 11.5 Å². The summed E-state index contributed by atoms with van der Waals surface area (Å²) in [7, 11) is 0. The SMILES string of the molecule is CCOc1cc(CNC(C)C)c(Cl)cc1OCc1ccc(F)cc1Cl. The Labute approximate surface area is 158 Å². The molecule has 3 nitrogen and oxygen atoms in total. The Kier molecular flexibility index (Phi) is 7.36. The second kappa shape index (κ2) is 9.27. The van der Waals surface area contributed by atoms with Crippen LogP contribution in [0.5, 0.6) is 11.5 Å². The zero-order valence-electron chi connectivity index (χ0n) is 14.5. The summed E-state index contributed by atoms with van der Waals surface area (Å²) >= 11 is 12.4. The van der Waals surface area contributed by atoms with Crippen LogP contribution in [0.25, 0.3) is 0 Å². The van der Waals surface area contributed by atoms with Crippen LogP contribution in [0, 0.1) is 5.82 Å². The van der Waals surface area contributed by atoms with Gasteiger partial charge in [-0.1, -0.05) is 43.1 Å². The fraction of sp³-hybridized carbons (Fsp3) is 0.368. The molecule has 2 aromatic carbocycles. The molecule has 0 atom stereocenters. The maximum Gasteiger partial charge on any atom is 0.163 e. The molecule has 0 heterocycles. The number of rotatable bonds is 8. The summed E-state index contributed by atoms with van der Waals surface area (Å²) in [6.45, 7) is 7.38. The van der Waals surface area contributed by atoms with Crippen LogP contribution in [0.2, 0.25) is 10.0 Å². The Morgan fingerprint density at radius 3 is 2.32 bits per heavy atom. The van der Waals surface area contributed by atoms with E-state index in [1.54, 1.807) is 12.1 Å². The summed E-state index contributed by atoms with van der Waals surface area (Å²) < 4.78 is 24.6. The zero-order valence-corrected chi connectivity index (χ0v) is 16.0. The van der Waals surface area contributed by atoms with E-state index in [0.717, 1.165) is 5.56 Å². The second-order valence-corrected chi connectivity index (χ2v) is 6.70. The third-order valence-electron chi connectivity index (χ3n) is 3.51. The first-order valence-corrected chi connectivity index (χ1v) is 8.91. The average Bonchev–Trinajstić information content (AvgIpc) is 2.54. The van der Waals surface area contributed by atoms with Crippen molar-refractivity contribution < 1.29 is 13.9 Å². The molecule has 0 unspecified atom stereocenters. The smallest absolute Gasteiger partial charge is 0.163 e. The van der Waals surface area contributed by atoms with E-state index in [1.165, 1.54) is 12.1 Å². The highest BCUT2D eigenvalue weighted by Crippen LogP contribution is 2.34. The van der Waals surface area contributed by atoms with Crippen LogP contribution in [-0.2, 0) is 13.2 Å². The standard InChI is InChI=1S/C19H22Cl2FNO2/c1-4-24-18-7-14(10-23-12(2)3)17(21)9-19(18)25-11-13-5-6-15(22)8-16(13)20/h5-9,12,23H,4,10-11H2,1-3H3. The fourth-order valence-electron chi connectivity index (χ4n) is 2.20. The molecule has 0 fully saturated rings. The molecule has 0 amide bonds. The van der Waals surface area contributed by atoms with Gasteiger partial charge in [-0.25, -0.2) is 4.39 Å². The minimum Gasteiger partial charge on any atom is -0.490 e. The highest BCUT2D eigenvalue weighted by Gasteiger charge is 2.13. The topological polar surface area (TPSA) is 30.5 Å². The fourth-order valence-corrected chi connectivity index (χ4v) is 2.64. The summed E-state index contributed by atoms with van der Waals surface area (Å²) in [5.74, 6) is 0.764. The molecule has 0 aliphatic carbocycles. The predicted octanol–water partition coefficient (Wildman–Crippen LogP) is 5.61. The van der Waals surface area contributed by atoms with Gasteiger partial charge in [0, 0.05) is 29.2 Å². The van der Waals surface area contributed by atoms with Crippen molar-refractivity contribution in [1.82, 2.24) is 5.32 Å². The number of nitrogens with one attached hydrogen (secondary N) is 1. The number of ether oxygens (including phenoxy) is 2. The summed E-state index contributed by atoms with van der Waals surface area (Å²) in [5, 5.41) is 4.24. The van der Waals surface area contributed by atoms with Gasteiger partial charge >= 0.3 is 0 Å². The minimum absolute atomic E-state index is 0.194. The molecule has 0 bridgehead atoms. The molecule has 25 heavy (non-hydrogen) atoms. The molecule has 0 radical (unpaired) electrons. The van der Waals surface area contributed by atoms with E-state index >= 15 is 0 Å². The van der Waals surface area contributed by atoms with E-state index < -0.39 is 0 Å². The molecular weight excluding hydrogens is 364 g/mol. The van der Waals surface area contributed by atoms with Crippen molar-refractivity contribution in [2.75, 3.05) is 6.61 Å². The van der Waals surface area contributed by atoms with E-state index in [4.69, 9.17) is 32.7 Å². The molecule has 6 heteroatoms. The summed E-state index contributed by atoms with van der Waals surface area (Å²) in [5.41, 5.74) is 1.62. The monoisotopic (exact) mass is 385 g/mol. The normalized spacial score (nSPS) is 11.0. The van der Waals surface area contributed by atoms with Crippen molar-refractivity contribution in [2.24, 2.45) is 0 Å². The van der Waals surface area contributed by atoms with Gasteiger partial charge in [-0.2, -0.15) is 0 Å². The maximum atomic E-state index is 13.1. The first-order chi connectivity index (χ1) is 11.9. The Morgan fingerprint density at radius 2 is 1.68 bits per heavy atom. The molecule has 0 saturated heterocycles. The van der Waals surface area contributed by atoms with Gasteiger partial charge in [0.2, 0.25) is 0 Å². The molecule has 0 spiro atoms. The van der Waals surface area contributed by atoms with Crippen molar-refractivity contribution in [3.63, 3.8) is 0 Å². The van der Waals surface area contributed by atoms with Gasteiger partial charge in [-0.05, 0) is 30.7 Å². The quantitative estimate of drug-likeness (QED) is 0.640.